The van der Waals surface area contributed by atoms with Crippen LogP contribution in [0.1, 0.15) is 31.7 Å². The Morgan fingerprint density at radius 1 is 1.59 bits per heavy atom. The molecule has 0 radical (unpaired) electrons. The molecule has 1 aliphatic heterocycles. The lowest BCUT2D eigenvalue weighted by Crippen LogP contribution is -2.25. The van der Waals surface area contributed by atoms with Gasteiger partial charge >= 0.3 is 0 Å². The highest BCUT2D eigenvalue weighted by molar-refractivity contribution is 5.85. The highest BCUT2D eigenvalue weighted by atomic mass is 35.5. The molecule has 1 aliphatic rings. The van der Waals surface area contributed by atoms with Crippen LogP contribution in [-0.4, -0.2) is 29.0 Å². The lowest BCUT2D eigenvalue weighted by Gasteiger charge is -2.09. The van der Waals surface area contributed by atoms with Crippen LogP contribution in [0.2, 0.25) is 0 Å². The first kappa shape index (κ1) is 14.5. The van der Waals surface area contributed by atoms with E-state index in [1.807, 2.05) is 10.9 Å². The Hall–Kier alpha value is -0.580. The first-order valence-corrected chi connectivity index (χ1v) is 6.22. The summed E-state index contributed by atoms with van der Waals surface area (Å²) in [5.74, 6) is 0. The highest BCUT2D eigenvalue weighted by Crippen LogP contribution is 2.10. The minimum Gasteiger partial charge on any atom is -0.377 e. The second-order valence-electron chi connectivity index (χ2n) is 4.38. The van der Waals surface area contributed by atoms with Crippen LogP contribution in [0, 0.1) is 0 Å². The minimum atomic E-state index is 0. The fourth-order valence-corrected chi connectivity index (χ4v) is 2.03. The quantitative estimate of drug-likeness (QED) is 0.849. The summed E-state index contributed by atoms with van der Waals surface area (Å²) in [5, 5.41) is 7.72. The number of aryl methyl sites for hydroxylation is 1. The monoisotopic (exact) mass is 259 g/mol. The van der Waals surface area contributed by atoms with Crippen molar-refractivity contribution in [2.75, 3.05) is 13.2 Å². The Labute approximate surface area is 109 Å². The molecule has 1 aromatic rings. The SMILES string of the molecule is CCCn1cc(CNCC2CCCO2)cn1.Cl. The summed E-state index contributed by atoms with van der Waals surface area (Å²) in [6, 6.07) is 0. The molecule has 1 saturated heterocycles. The molecule has 1 fully saturated rings. The molecular weight excluding hydrogens is 238 g/mol. The largest absolute Gasteiger partial charge is 0.377 e. The van der Waals surface area contributed by atoms with Crippen molar-refractivity contribution in [1.29, 1.82) is 0 Å². The van der Waals surface area contributed by atoms with Gasteiger partial charge in [-0.2, -0.15) is 5.10 Å². The Bertz CT molecular complexity index is 310. The summed E-state index contributed by atoms with van der Waals surface area (Å²) in [6.45, 7) is 5.95. The van der Waals surface area contributed by atoms with Crippen molar-refractivity contribution in [2.24, 2.45) is 0 Å². The number of ether oxygens (including phenoxy) is 1. The predicted molar refractivity (Wildman–Crippen MR) is 70.4 cm³/mol. The molecule has 1 unspecified atom stereocenters. The van der Waals surface area contributed by atoms with Crippen LogP contribution in [-0.2, 0) is 17.8 Å². The van der Waals surface area contributed by atoms with E-state index in [2.05, 4.69) is 23.5 Å². The molecule has 4 nitrogen and oxygen atoms in total. The van der Waals surface area contributed by atoms with E-state index in [1.165, 1.54) is 18.4 Å². The average Bonchev–Trinajstić information content (AvgIpc) is 2.90. The fraction of sp³-hybridized carbons (Fsp3) is 0.750. The molecule has 1 aromatic heterocycles. The maximum Gasteiger partial charge on any atom is 0.0700 e. The van der Waals surface area contributed by atoms with Gasteiger partial charge in [-0.1, -0.05) is 6.92 Å². The normalized spacial score (nSPS) is 19.2. The van der Waals surface area contributed by atoms with Crippen LogP contribution in [0.15, 0.2) is 12.4 Å². The van der Waals surface area contributed by atoms with Crippen molar-refractivity contribution in [3.05, 3.63) is 18.0 Å². The summed E-state index contributed by atoms with van der Waals surface area (Å²) in [7, 11) is 0. The molecule has 0 saturated carbocycles. The minimum absolute atomic E-state index is 0. The van der Waals surface area contributed by atoms with Gasteiger partial charge in [0.1, 0.15) is 0 Å². The van der Waals surface area contributed by atoms with Gasteiger partial charge in [0, 0.05) is 38.0 Å². The average molecular weight is 260 g/mol. The molecule has 0 amide bonds. The van der Waals surface area contributed by atoms with Gasteiger partial charge < -0.3 is 10.1 Å². The maximum atomic E-state index is 5.55. The summed E-state index contributed by atoms with van der Waals surface area (Å²) >= 11 is 0. The van der Waals surface area contributed by atoms with E-state index in [4.69, 9.17) is 4.74 Å². The first-order valence-electron chi connectivity index (χ1n) is 6.22. The standard InChI is InChI=1S/C12H21N3O.ClH/c1-2-5-15-10-11(8-14-15)7-13-9-12-4-3-6-16-12;/h8,10,12-13H,2-7,9H2,1H3;1H. The van der Waals surface area contributed by atoms with Crippen molar-refractivity contribution in [2.45, 2.75) is 45.4 Å². The fourth-order valence-electron chi connectivity index (χ4n) is 2.03. The van der Waals surface area contributed by atoms with E-state index in [0.29, 0.717) is 6.10 Å². The Kier molecular flexibility index (Phi) is 6.55. The lowest BCUT2D eigenvalue weighted by atomic mass is 10.2. The number of aromatic nitrogens is 2. The second kappa shape index (κ2) is 7.69. The molecule has 1 N–H and O–H groups in total. The predicted octanol–water partition coefficient (Wildman–Crippen LogP) is 1.98. The smallest absolute Gasteiger partial charge is 0.0700 e. The number of hydrogen-bond acceptors (Lipinski definition) is 3. The van der Waals surface area contributed by atoms with E-state index >= 15 is 0 Å². The topological polar surface area (TPSA) is 39.1 Å². The molecule has 2 heterocycles. The summed E-state index contributed by atoms with van der Waals surface area (Å²) in [6.07, 6.45) is 8.02. The first-order chi connectivity index (χ1) is 7.88. The zero-order chi connectivity index (χ0) is 11.2. The molecule has 98 valence electrons. The van der Waals surface area contributed by atoms with E-state index in [9.17, 15) is 0 Å². The maximum absolute atomic E-state index is 5.55. The third kappa shape index (κ3) is 4.66. The number of rotatable bonds is 6. The van der Waals surface area contributed by atoms with Crippen LogP contribution in [0.3, 0.4) is 0 Å². The molecule has 17 heavy (non-hydrogen) atoms. The van der Waals surface area contributed by atoms with Gasteiger partial charge in [-0.05, 0) is 19.3 Å². The number of nitrogens with zero attached hydrogens (tertiary/aromatic N) is 2. The molecule has 1 atom stereocenters. The van der Waals surface area contributed by atoms with Crippen LogP contribution in [0.4, 0.5) is 0 Å². The molecule has 5 heteroatoms. The van der Waals surface area contributed by atoms with Crippen molar-refractivity contribution >= 4 is 12.4 Å². The van der Waals surface area contributed by atoms with E-state index in [-0.39, 0.29) is 12.4 Å². The zero-order valence-electron chi connectivity index (χ0n) is 10.4. The molecule has 0 aromatic carbocycles. The Morgan fingerprint density at radius 3 is 3.18 bits per heavy atom. The zero-order valence-corrected chi connectivity index (χ0v) is 11.2. The van der Waals surface area contributed by atoms with Crippen molar-refractivity contribution < 1.29 is 4.74 Å². The van der Waals surface area contributed by atoms with Crippen LogP contribution >= 0.6 is 12.4 Å². The summed E-state index contributed by atoms with van der Waals surface area (Å²) in [4.78, 5) is 0. The summed E-state index contributed by atoms with van der Waals surface area (Å²) in [5.41, 5.74) is 1.26. The van der Waals surface area contributed by atoms with Gasteiger partial charge in [0.25, 0.3) is 0 Å². The highest BCUT2D eigenvalue weighted by Gasteiger charge is 2.14. The molecule has 0 spiro atoms. The summed E-state index contributed by atoms with van der Waals surface area (Å²) < 4.78 is 7.55. The Balaban J connectivity index is 0.00000144. The van der Waals surface area contributed by atoms with Crippen molar-refractivity contribution in [3.63, 3.8) is 0 Å². The van der Waals surface area contributed by atoms with Gasteiger partial charge in [0.2, 0.25) is 0 Å². The molecule has 0 bridgehead atoms. The van der Waals surface area contributed by atoms with Crippen molar-refractivity contribution in [3.8, 4) is 0 Å². The number of halogens is 1. The third-order valence-electron chi connectivity index (χ3n) is 2.86. The van der Waals surface area contributed by atoms with E-state index in [0.717, 1.165) is 32.7 Å². The van der Waals surface area contributed by atoms with Gasteiger partial charge in [-0.15, -0.1) is 12.4 Å². The van der Waals surface area contributed by atoms with Crippen LogP contribution < -0.4 is 5.32 Å². The number of hydrogen-bond donors (Lipinski definition) is 1. The van der Waals surface area contributed by atoms with Crippen LogP contribution in [0.5, 0.6) is 0 Å². The van der Waals surface area contributed by atoms with Gasteiger partial charge in [0.15, 0.2) is 0 Å². The molecular formula is C12H22ClN3O. The van der Waals surface area contributed by atoms with E-state index in [1.54, 1.807) is 0 Å². The Morgan fingerprint density at radius 2 is 2.47 bits per heavy atom. The lowest BCUT2D eigenvalue weighted by molar-refractivity contribution is 0.110. The second-order valence-corrected chi connectivity index (χ2v) is 4.38. The van der Waals surface area contributed by atoms with Gasteiger partial charge in [0.05, 0.1) is 12.3 Å². The van der Waals surface area contributed by atoms with Crippen molar-refractivity contribution in [1.82, 2.24) is 15.1 Å². The third-order valence-corrected chi connectivity index (χ3v) is 2.86. The van der Waals surface area contributed by atoms with E-state index < -0.39 is 0 Å². The van der Waals surface area contributed by atoms with Gasteiger partial charge in [-0.3, -0.25) is 4.68 Å². The van der Waals surface area contributed by atoms with Gasteiger partial charge in [-0.25, -0.2) is 0 Å². The number of nitrogens with one attached hydrogen (secondary N) is 1. The van der Waals surface area contributed by atoms with Crippen LogP contribution in [0.25, 0.3) is 0 Å². The molecule has 2 rings (SSSR count). The molecule has 0 aliphatic carbocycles.